The predicted molar refractivity (Wildman–Crippen MR) is 89.5 cm³/mol. The third-order valence-electron chi connectivity index (χ3n) is 3.77. The lowest BCUT2D eigenvalue weighted by molar-refractivity contribution is -0.131. The van der Waals surface area contributed by atoms with Gasteiger partial charge in [-0.1, -0.05) is 12.1 Å². The summed E-state index contributed by atoms with van der Waals surface area (Å²) in [7, 11) is 1.65. The molecule has 3 aromatic rings. The van der Waals surface area contributed by atoms with E-state index in [1.165, 1.54) is 4.90 Å². The first kappa shape index (κ1) is 15.7. The molecular weight excluding hydrogens is 308 g/mol. The number of nitrogens with zero attached hydrogens (tertiary/aromatic N) is 3. The predicted octanol–water partition coefficient (Wildman–Crippen LogP) is 0.743. The number of rotatable bonds is 4. The summed E-state index contributed by atoms with van der Waals surface area (Å²) in [5, 5.41) is 3.07. The fourth-order valence-corrected chi connectivity index (χ4v) is 2.46. The molecule has 0 aliphatic rings. The highest BCUT2D eigenvalue weighted by molar-refractivity contribution is 5.81. The highest BCUT2D eigenvalue weighted by Gasteiger charge is 2.13. The third-order valence-corrected chi connectivity index (χ3v) is 3.77. The summed E-state index contributed by atoms with van der Waals surface area (Å²) in [6.07, 6.45) is 3.30. The number of amides is 1. The van der Waals surface area contributed by atoms with E-state index in [4.69, 9.17) is 0 Å². The van der Waals surface area contributed by atoms with E-state index in [2.05, 4.69) is 10.1 Å². The van der Waals surface area contributed by atoms with E-state index < -0.39 is 11.1 Å². The summed E-state index contributed by atoms with van der Waals surface area (Å²) >= 11 is 0. The molecule has 1 aromatic carbocycles. The van der Waals surface area contributed by atoms with E-state index in [0.717, 1.165) is 10.2 Å². The Balaban J connectivity index is 1.84. The molecule has 0 saturated heterocycles. The average Bonchev–Trinajstić information content (AvgIpc) is 2.60. The van der Waals surface area contributed by atoms with Crippen LogP contribution in [-0.2, 0) is 17.9 Å². The molecule has 0 aliphatic heterocycles. The first-order valence-corrected chi connectivity index (χ1v) is 7.41. The van der Waals surface area contributed by atoms with E-state index in [9.17, 15) is 14.4 Å². The fourth-order valence-electron chi connectivity index (χ4n) is 2.46. The summed E-state index contributed by atoms with van der Waals surface area (Å²) in [6.45, 7) is 0.175. The molecule has 0 fully saturated rings. The Hall–Kier alpha value is -3.22. The van der Waals surface area contributed by atoms with Crippen molar-refractivity contribution in [1.29, 1.82) is 0 Å². The van der Waals surface area contributed by atoms with Crippen molar-refractivity contribution in [2.75, 3.05) is 7.05 Å². The fraction of sp³-hybridized carbons (Fsp3) is 0.176. The molecule has 0 atom stereocenters. The molecule has 2 heterocycles. The van der Waals surface area contributed by atoms with Crippen molar-refractivity contribution in [3.05, 3.63) is 75.1 Å². The molecule has 0 unspecified atom stereocenters. The van der Waals surface area contributed by atoms with Crippen molar-refractivity contribution < 1.29 is 4.79 Å². The van der Waals surface area contributed by atoms with E-state index in [-0.39, 0.29) is 12.5 Å². The van der Waals surface area contributed by atoms with Crippen LogP contribution in [0.15, 0.2) is 58.4 Å². The van der Waals surface area contributed by atoms with Gasteiger partial charge in [-0.2, -0.15) is 0 Å². The monoisotopic (exact) mass is 324 g/mol. The van der Waals surface area contributed by atoms with Crippen LogP contribution in [-0.4, -0.2) is 32.6 Å². The number of hydrogen-bond donors (Lipinski definition) is 1. The number of aromatic nitrogens is 3. The number of carbonyl (C=O) groups is 1. The Labute approximate surface area is 137 Å². The van der Waals surface area contributed by atoms with Crippen LogP contribution < -0.4 is 11.1 Å². The van der Waals surface area contributed by atoms with Gasteiger partial charge in [0.05, 0.1) is 10.8 Å². The average molecular weight is 324 g/mol. The minimum absolute atomic E-state index is 0.222. The Morgan fingerprint density at radius 1 is 1.12 bits per heavy atom. The Kier molecular flexibility index (Phi) is 4.24. The lowest BCUT2D eigenvalue weighted by atomic mass is 10.2. The molecule has 24 heavy (non-hydrogen) atoms. The second kappa shape index (κ2) is 6.49. The summed E-state index contributed by atoms with van der Waals surface area (Å²) in [4.78, 5) is 42.2. The van der Waals surface area contributed by atoms with E-state index in [0.29, 0.717) is 17.3 Å². The zero-order valence-corrected chi connectivity index (χ0v) is 13.1. The normalized spacial score (nSPS) is 10.7. The second-order valence-corrected chi connectivity index (χ2v) is 5.48. The van der Waals surface area contributed by atoms with Crippen LogP contribution in [0.25, 0.3) is 10.8 Å². The van der Waals surface area contributed by atoms with Gasteiger partial charge in [0.15, 0.2) is 0 Å². The highest BCUT2D eigenvalue weighted by Crippen LogP contribution is 2.04. The van der Waals surface area contributed by atoms with Crippen molar-refractivity contribution in [2.24, 2.45) is 0 Å². The van der Waals surface area contributed by atoms with Crippen LogP contribution in [0.3, 0.4) is 0 Å². The van der Waals surface area contributed by atoms with Crippen molar-refractivity contribution >= 4 is 16.7 Å². The van der Waals surface area contributed by atoms with Crippen LogP contribution in [0.1, 0.15) is 5.56 Å². The smallest absolute Gasteiger partial charge is 0.273 e. The molecule has 7 nitrogen and oxygen atoms in total. The molecule has 0 spiro atoms. The van der Waals surface area contributed by atoms with Gasteiger partial charge in [0.25, 0.3) is 11.1 Å². The molecule has 1 amide bonds. The number of likely N-dealkylation sites (N-methyl/N-ethyl adjacent to an activating group) is 1. The van der Waals surface area contributed by atoms with Crippen molar-refractivity contribution in [1.82, 2.24) is 19.7 Å². The largest absolute Gasteiger partial charge is 0.340 e. The number of carbonyl (C=O) groups excluding carboxylic acids is 1. The summed E-state index contributed by atoms with van der Waals surface area (Å²) in [5.41, 5.74) is 0.144. The first-order valence-electron chi connectivity index (χ1n) is 7.41. The molecule has 0 radical (unpaired) electrons. The molecule has 0 bridgehead atoms. The number of benzene rings is 1. The minimum Gasteiger partial charge on any atom is -0.340 e. The number of fused-ring (bicyclic) bond motifs is 1. The maximum absolute atomic E-state index is 12.4. The van der Waals surface area contributed by atoms with Gasteiger partial charge in [0.1, 0.15) is 6.54 Å². The van der Waals surface area contributed by atoms with Gasteiger partial charge < -0.3 is 4.90 Å². The lowest BCUT2D eigenvalue weighted by Crippen LogP contribution is -2.37. The summed E-state index contributed by atoms with van der Waals surface area (Å²) < 4.78 is 1.05. The van der Waals surface area contributed by atoms with Crippen molar-refractivity contribution in [3.63, 3.8) is 0 Å². The van der Waals surface area contributed by atoms with Gasteiger partial charge in [0.2, 0.25) is 5.91 Å². The topological polar surface area (TPSA) is 88.1 Å². The Bertz CT molecular complexity index is 992. The number of hydrogen-bond acceptors (Lipinski definition) is 4. The van der Waals surface area contributed by atoms with Gasteiger partial charge in [-0.25, -0.2) is 4.68 Å². The number of H-pyrrole nitrogens is 1. The zero-order chi connectivity index (χ0) is 17.1. The molecule has 1 N–H and O–H groups in total. The Morgan fingerprint density at radius 3 is 2.50 bits per heavy atom. The van der Waals surface area contributed by atoms with E-state index in [1.54, 1.807) is 43.7 Å². The van der Waals surface area contributed by atoms with E-state index >= 15 is 0 Å². The Morgan fingerprint density at radius 2 is 1.79 bits per heavy atom. The maximum atomic E-state index is 12.4. The zero-order valence-electron chi connectivity index (χ0n) is 13.1. The van der Waals surface area contributed by atoms with Crippen LogP contribution in [0.4, 0.5) is 0 Å². The molecule has 122 valence electrons. The highest BCUT2D eigenvalue weighted by atomic mass is 16.2. The molecule has 0 saturated carbocycles. The summed E-state index contributed by atoms with van der Waals surface area (Å²) in [6, 6.07) is 10.2. The minimum atomic E-state index is -0.394. The first-order chi connectivity index (χ1) is 11.6. The second-order valence-electron chi connectivity index (χ2n) is 5.48. The van der Waals surface area contributed by atoms with Crippen LogP contribution in [0, 0.1) is 0 Å². The molecule has 0 aliphatic carbocycles. The molecule has 2 aromatic heterocycles. The standard InChI is InChI=1S/C17H16N4O3/c1-20(10-12-6-8-18-9-7-12)15(22)11-21-17(24)14-5-3-2-4-13(14)16(23)19-21/h2-9H,10-11H2,1H3,(H,19,23). The van der Waals surface area contributed by atoms with Crippen LogP contribution in [0.2, 0.25) is 0 Å². The number of pyridine rings is 1. The van der Waals surface area contributed by atoms with Gasteiger partial charge in [-0.15, -0.1) is 0 Å². The quantitative estimate of drug-likeness (QED) is 0.767. The molecule has 3 rings (SSSR count). The van der Waals surface area contributed by atoms with Gasteiger partial charge in [-0.05, 0) is 29.8 Å². The number of aromatic amines is 1. The summed E-state index contributed by atoms with van der Waals surface area (Å²) in [5.74, 6) is -0.278. The van der Waals surface area contributed by atoms with Crippen LogP contribution >= 0.6 is 0 Å². The van der Waals surface area contributed by atoms with Crippen molar-refractivity contribution in [2.45, 2.75) is 13.1 Å². The van der Waals surface area contributed by atoms with Gasteiger partial charge in [-0.3, -0.25) is 24.5 Å². The number of nitrogens with one attached hydrogen (secondary N) is 1. The third kappa shape index (κ3) is 3.10. The molecular formula is C17H16N4O3. The van der Waals surface area contributed by atoms with E-state index in [1.807, 2.05) is 12.1 Å². The maximum Gasteiger partial charge on any atom is 0.273 e. The molecule has 7 heteroatoms. The van der Waals surface area contributed by atoms with Crippen molar-refractivity contribution in [3.8, 4) is 0 Å². The van der Waals surface area contributed by atoms with Gasteiger partial charge in [0, 0.05) is 26.0 Å². The van der Waals surface area contributed by atoms with Crippen LogP contribution in [0.5, 0.6) is 0 Å². The lowest BCUT2D eigenvalue weighted by Gasteiger charge is -2.17. The van der Waals surface area contributed by atoms with Gasteiger partial charge >= 0.3 is 0 Å². The SMILES string of the molecule is CN(Cc1ccncc1)C(=O)Cn1[nH]c(=O)c2ccccc2c1=O.